The number of rotatable bonds is 6. The number of carboxylic acid groups (broad SMARTS) is 1. The molecule has 26 heavy (non-hydrogen) atoms. The molecule has 9 heteroatoms. The van der Waals surface area contributed by atoms with Gasteiger partial charge in [0.05, 0.1) is 10.6 Å². The van der Waals surface area contributed by atoms with E-state index in [9.17, 15) is 13.2 Å². The highest BCUT2D eigenvalue weighted by Gasteiger charge is 2.13. The minimum absolute atomic E-state index is 0.110. The van der Waals surface area contributed by atoms with Crippen LogP contribution >= 0.6 is 11.3 Å². The van der Waals surface area contributed by atoms with Gasteiger partial charge in [-0.05, 0) is 24.3 Å². The minimum Gasteiger partial charge on any atom is -0.482 e. The second kappa shape index (κ2) is 7.54. The normalized spacial score (nSPS) is 12.1. The van der Waals surface area contributed by atoms with Gasteiger partial charge in [-0.25, -0.2) is 4.79 Å². The maximum absolute atomic E-state index is 12.5. The van der Waals surface area contributed by atoms with Crippen LogP contribution in [0.25, 0.3) is 5.69 Å². The molecule has 2 aromatic carbocycles. The summed E-state index contributed by atoms with van der Waals surface area (Å²) in [5, 5.41) is 10.4. The van der Waals surface area contributed by atoms with Crippen LogP contribution in [0.4, 0.5) is 0 Å². The number of thiazole rings is 1. The Morgan fingerprint density at radius 1 is 1.15 bits per heavy atom. The van der Waals surface area contributed by atoms with E-state index in [4.69, 9.17) is 9.84 Å². The Morgan fingerprint density at radius 2 is 1.92 bits per heavy atom. The van der Waals surface area contributed by atoms with Crippen molar-refractivity contribution in [1.29, 1.82) is 0 Å². The van der Waals surface area contributed by atoms with Crippen molar-refractivity contribution in [3.05, 3.63) is 71.0 Å². The molecular weight excluding hydrogens is 376 g/mol. The molecule has 0 aliphatic heterocycles. The SMILES string of the molecule is O=C(O)COc1cccc(-n2ccs/c2=N/S(=O)(=O)c2ccccc2)c1. The van der Waals surface area contributed by atoms with Crippen molar-refractivity contribution in [2.45, 2.75) is 4.90 Å². The van der Waals surface area contributed by atoms with Crippen LogP contribution in [0.1, 0.15) is 0 Å². The zero-order valence-corrected chi connectivity index (χ0v) is 15.0. The first kappa shape index (κ1) is 17.9. The largest absolute Gasteiger partial charge is 0.482 e. The third-order valence-electron chi connectivity index (χ3n) is 3.29. The summed E-state index contributed by atoms with van der Waals surface area (Å²) in [4.78, 5) is 11.0. The summed E-state index contributed by atoms with van der Waals surface area (Å²) in [5.74, 6) is -0.719. The number of ether oxygens (including phenoxy) is 1. The van der Waals surface area contributed by atoms with E-state index in [0.29, 0.717) is 11.4 Å². The highest BCUT2D eigenvalue weighted by molar-refractivity contribution is 7.90. The molecule has 7 nitrogen and oxygen atoms in total. The van der Waals surface area contributed by atoms with Gasteiger partial charge in [-0.15, -0.1) is 15.7 Å². The Labute approximate surface area is 153 Å². The lowest BCUT2D eigenvalue weighted by atomic mass is 10.3. The standard InChI is InChI=1S/C17H14N2O5S2/c20-16(21)12-24-14-6-4-5-13(11-14)19-9-10-25-17(19)18-26(22,23)15-7-2-1-3-8-15/h1-11H,12H2,(H,20,21)/b18-17+. The maximum atomic E-state index is 12.5. The van der Waals surface area contributed by atoms with Crippen LogP contribution in [-0.2, 0) is 14.8 Å². The average molecular weight is 390 g/mol. The van der Waals surface area contributed by atoms with Gasteiger partial charge in [0.1, 0.15) is 5.75 Å². The molecule has 0 atom stereocenters. The molecule has 0 unspecified atom stereocenters. The zero-order valence-electron chi connectivity index (χ0n) is 13.3. The number of sulfonamides is 1. The van der Waals surface area contributed by atoms with Gasteiger partial charge in [0, 0.05) is 17.6 Å². The van der Waals surface area contributed by atoms with Gasteiger partial charge in [0.15, 0.2) is 6.61 Å². The predicted octanol–water partition coefficient (Wildman–Crippen LogP) is 2.29. The van der Waals surface area contributed by atoms with Crippen molar-refractivity contribution in [3.63, 3.8) is 0 Å². The third-order valence-corrected chi connectivity index (χ3v) is 5.44. The molecule has 0 saturated heterocycles. The molecule has 1 heterocycles. The van der Waals surface area contributed by atoms with Crippen molar-refractivity contribution in [2.75, 3.05) is 6.61 Å². The van der Waals surface area contributed by atoms with Gasteiger partial charge in [-0.2, -0.15) is 8.42 Å². The molecule has 0 aliphatic rings. The number of carboxylic acids is 1. The Hall–Kier alpha value is -2.91. The van der Waals surface area contributed by atoms with E-state index in [1.54, 1.807) is 58.6 Å². The van der Waals surface area contributed by atoms with Crippen LogP contribution in [0, 0.1) is 0 Å². The number of aliphatic carboxylic acids is 1. The van der Waals surface area contributed by atoms with Crippen LogP contribution < -0.4 is 9.54 Å². The maximum Gasteiger partial charge on any atom is 0.341 e. The summed E-state index contributed by atoms with van der Waals surface area (Å²) in [6.07, 6.45) is 1.68. The summed E-state index contributed by atoms with van der Waals surface area (Å²) < 4.78 is 35.6. The number of benzene rings is 2. The lowest BCUT2D eigenvalue weighted by Crippen LogP contribution is -2.15. The van der Waals surface area contributed by atoms with Gasteiger partial charge in [0.2, 0.25) is 4.80 Å². The van der Waals surface area contributed by atoms with Crippen LogP contribution in [0.3, 0.4) is 0 Å². The Balaban J connectivity index is 1.99. The monoisotopic (exact) mass is 390 g/mol. The van der Waals surface area contributed by atoms with Gasteiger partial charge < -0.3 is 9.84 Å². The van der Waals surface area contributed by atoms with E-state index in [0.717, 1.165) is 0 Å². The first-order valence-electron chi connectivity index (χ1n) is 7.43. The number of nitrogens with zero attached hydrogens (tertiary/aromatic N) is 2. The fraction of sp³-hybridized carbons (Fsp3) is 0.0588. The molecule has 1 aromatic heterocycles. The highest BCUT2D eigenvalue weighted by atomic mass is 32.2. The minimum atomic E-state index is -3.84. The van der Waals surface area contributed by atoms with Crippen molar-refractivity contribution >= 4 is 27.3 Å². The lowest BCUT2D eigenvalue weighted by molar-refractivity contribution is -0.139. The van der Waals surface area contributed by atoms with Crippen LogP contribution in [0.2, 0.25) is 0 Å². The summed E-state index contributed by atoms with van der Waals surface area (Å²) in [6, 6.07) is 14.6. The highest BCUT2D eigenvalue weighted by Crippen LogP contribution is 2.17. The Kier molecular flexibility index (Phi) is 5.19. The molecule has 3 aromatic rings. The van der Waals surface area contributed by atoms with E-state index in [2.05, 4.69) is 4.40 Å². The van der Waals surface area contributed by atoms with Gasteiger partial charge in [0.25, 0.3) is 10.0 Å². The predicted molar refractivity (Wildman–Crippen MR) is 96.0 cm³/mol. The first-order chi connectivity index (χ1) is 12.5. The fourth-order valence-corrected chi connectivity index (χ4v) is 4.10. The van der Waals surface area contributed by atoms with Gasteiger partial charge in [-0.1, -0.05) is 24.3 Å². The molecule has 134 valence electrons. The number of aromatic nitrogens is 1. The van der Waals surface area contributed by atoms with Gasteiger partial charge in [-0.3, -0.25) is 4.57 Å². The second-order valence-corrected chi connectivity index (χ2v) is 7.59. The van der Waals surface area contributed by atoms with E-state index in [1.807, 2.05) is 0 Å². The van der Waals surface area contributed by atoms with Crippen LogP contribution in [0.5, 0.6) is 5.75 Å². The summed E-state index contributed by atoms with van der Waals surface area (Å²) in [5.41, 5.74) is 0.608. The number of hydrogen-bond acceptors (Lipinski definition) is 5. The molecule has 0 saturated carbocycles. The molecule has 3 rings (SSSR count). The molecule has 0 spiro atoms. The topological polar surface area (TPSA) is 98.0 Å². The number of hydrogen-bond donors (Lipinski definition) is 1. The molecule has 0 bridgehead atoms. The van der Waals surface area contributed by atoms with E-state index < -0.39 is 22.6 Å². The molecule has 0 amide bonds. The van der Waals surface area contributed by atoms with E-state index >= 15 is 0 Å². The van der Waals surface area contributed by atoms with Crippen molar-refractivity contribution in [1.82, 2.24) is 4.57 Å². The molecule has 0 aliphatic carbocycles. The average Bonchev–Trinajstić information content (AvgIpc) is 3.08. The fourth-order valence-electron chi connectivity index (χ4n) is 2.15. The summed E-state index contributed by atoms with van der Waals surface area (Å²) in [6.45, 7) is -0.461. The molecular formula is C17H14N2O5S2. The second-order valence-electron chi connectivity index (χ2n) is 5.11. The summed E-state index contributed by atoms with van der Waals surface area (Å²) >= 11 is 1.17. The van der Waals surface area contributed by atoms with Crippen molar-refractivity contribution in [2.24, 2.45) is 4.40 Å². The lowest BCUT2D eigenvalue weighted by Gasteiger charge is -2.07. The smallest absolute Gasteiger partial charge is 0.341 e. The van der Waals surface area contributed by atoms with Crippen molar-refractivity contribution in [3.8, 4) is 11.4 Å². The molecule has 0 fully saturated rings. The number of carbonyl (C=O) groups is 1. The third kappa shape index (κ3) is 4.19. The molecule has 0 radical (unpaired) electrons. The van der Waals surface area contributed by atoms with Crippen LogP contribution in [0.15, 0.2) is 75.5 Å². The van der Waals surface area contributed by atoms with E-state index in [-0.39, 0.29) is 9.70 Å². The van der Waals surface area contributed by atoms with Gasteiger partial charge >= 0.3 is 5.97 Å². The Morgan fingerprint density at radius 3 is 2.65 bits per heavy atom. The summed E-state index contributed by atoms with van der Waals surface area (Å²) in [7, 11) is -3.84. The molecule has 1 N–H and O–H groups in total. The van der Waals surface area contributed by atoms with E-state index in [1.165, 1.54) is 23.5 Å². The Bertz CT molecular complexity index is 1090. The quantitative estimate of drug-likeness (QED) is 0.696. The zero-order chi connectivity index (χ0) is 18.6. The van der Waals surface area contributed by atoms with Crippen LogP contribution in [-0.4, -0.2) is 30.7 Å². The van der Waals surface area contributed by atoms with Crippen molar-refractivity contribution < 1.29 is 23.1 Å². The first-order valence-corrected chi connectivity index (χ1v) is 9.75.